The third kappa shape index (κ3) is 4.97. The first-order valence-electron chi connectivity index (χ1n) is 6.68. The number of para-hydroxylation sites is 1. The van der Waals surface area contributed by atoms with Gasteiger partial charge in [0.2, 0.25) is 0 Å². The van der Waals surface area contributed by atoms with Crippen LogP contribution in [0.15, 0.2) is 24.3 Å². The van der Waals surface area contributed by atoms with Crippen LogP contribution in [0.25, 0.3) is 0 Å². The molecule has 1 N–H and O–H groups in total. The lowest BCUT2D eigenvalue weighted by Gasteiger charge is -2.14. The molecule has 6 nitrogen and oxygen atoms in total. The fourth-order valence-corrected chi connectivity index (χ4v) is 1.91. The van der Waals surface area contributed by atoms with E-state index in [0.29, 0.717) is 31.6 Å². The number of nitro groups is 1. The minimum absolute atomic E-state index is 0.109. The van der Waals surface area contributed by atoms with Crippen LogP contribution >= 0.6 is 0 Å². The molecule has 0 saturated heterocycles. The summed E-state index contributed by atoms with van der Waals surface area (Å²) in [6.07, 6.45) is 0.994. The van der Waals surface area contributed by atoms with Gasteiger partial charge in [-0.15, -0.1) is 0 Å². The molecule has 0 aliphatic rings. The van der Waals surface area contributed by atoms with Crippen molar-refractivity contribution in [3.05, 3.63) is 39.9 Å². The normalized spacial score (nSPS) is 11.9. The van der Waals surface area contributed by atoms with Crippen molar-refractivity contribution in [3.8, 4) is 0 Å². The molecule has 20 heavy (non-hydrogen) atoms. The molecule has 0 radical (unpaired) electrons. The van der Waals surface area contributed by atoms with Gasteiger partial charge in [0.15, 0.2) is 0 Å². The van der Waals surface area contributed by atoms with Crippen LogP contribution < -0.4 is 5.32 Å². The number of nitro benzene ring substituents is 1. The van der Waals surface area contributed by atoms with Gasteiger partial charge in [0.1, 0.15) is 0 Å². The topological polar surface area (TPSA) is 81.5 Å². The highest BCUT2D eigenvalue weighted by molar-refractivity contribution is 5.69. The average Bonchev–Trinajstić information content (AvgIpc) is 2.43. The summed E-state index contributed by atoms with van der Waals surface area (Å²) < 4.78 is 4.83. The van der Waals surface area contributed by atoms with Gasteiger partial charge in [-0.1, -0.05) is 18.2 Å². The van der Waals surface area contributed by atoms with E-state index in [2.05, 4.69) is 5.32 Å². The molecular weight excluding hydrogens is 260 g/mol. The molecule has 1 aromatic carbocycles. The molecule has 6 heteroatoms. The molecule has 1 rings (SSSR count). The summed E-state index contributed by atoms with van der Waals surface area (Å²) in [6.45, 7) is 4.63. The number of hydrogen-bond donors (Lipinski definition) is 1. The molecule has 0 fully saturated rings. The quantitative estimate of drug-likeness (QED) is 0.342. The van der Waals surface area contributed by atoms with Crippen LogP contribution in [0.5, 0.6) is 0 Å². The van der Waals surface area contributed by atoms with E-state index >= 15 is 0 Å². The average molecular weight is 280 g/mol. The molecule has 0 amide bonds. The molecule has 1 atom stereocenters. The Bertz CT molecular complexity index is 462. The van der Waals surface area contributed by atoms with Crippen molar-refractivity contribution < 1.29 is 14.5 Å². The third-order valence-corrected chi connectivity index (χ3v) is 2.91. The first-order chi connectivity index (χ1) is 9.56. The molecule has 0 aliphatic carbocycles. The Hall–Kier alpha value is -1.95. The summed E-state index contributed by atoms with van der Waals surface area (Å²) in [4.78, 5) is 21.7. The highest BCUT2D eigenvalue weighted by atomic mass is 16.6. The van der Waals surface area contributed by atoms with Gasteiger partial charge >= 0.3 is 5.97 Å². The zero-order valence-corrected chi connectivity index (χ0v) is 11.8. The van der Waals surface area contributed by atoms with Crippen molar-refractivity contribution in [2.45, 2.75) is 32.7 Å². The smallest absolute Gasteiger partial charge is 0.305 e. The molecule has 1 unspecified atom stereocenters. The van der Waals surface area contributed by atoms with E-state index in [1.54, 1.807) is 25.1 Å². The molecule has 0 bridgehead atoms. The zero-order chi connectivity index (χ0) is 15.0. The van der Waals surface area contributed by atoms with Crippen molar-refractivity contribution >= 4 is 11.7 Å². The van der Waals surface area contributed by atoms with Crippen LogP contribution in [0, 0.1) is 10.1 Å². The number of ether oxygens (including phenoxy) is 1. The van der Waals surface area contributed by atoms with Crippen LogP contribution in [0.3, 0.4) is 0 Å². The van der Waals surface area contributed by atoms with Crippen molar-refractivity contribution in [1.82, 2.24) is 5.32 Å². The van der Waals surface area contributed by atoms with Crippen LogP contribution in [-0.4, -0.2) is 24.0 Å². The standard InChI is InChI=1S/C14H20N2O4/c1-3-20-14(17)9-6-10-15-11(2)12-7-4-5-8-13(12)16(18)19/h4-5,7-8,11,15H,3,6,9-10H2,1-2H3. The van der Waals surface area contributed by atoms with Gasteiger partial charge in [0, 0.05) is 24.1 Å². The van der Waals surface area contributed by atoms with Crippen LogP contribution in [0.2, 0.25) is 0 Å². The largest absolute Gasteiger partial charge is 0.466 e. The SMILES string of the molecule is CCOC(=O)CCCNC(C)c1ccccc1[N+](=O)[O-]. The van der Waals surface area contributed by atoms with E-state index in [9.17, 15) is 14.9 Å². The van der Waals surface area contributed by atoms with Crippen molar-refractivity contribution in [3.63, 3.8) is 0 Å². The third-order valence-electron chi connectivity index (χ3n) is 2.91. The number of hydrogen-bond acceptors (Lipinski definition) is 5. The minimum atomic E-state index is -0.383. The lowest BCUT2D eigenvalue weighted by molar-refractivity contribution is -0.385. The number of nitrogens with zero attached hydrogens (tertiary/aromatic N) is 1. The Balaban J connectivity index is 2.45. The van der Waals surface area contributed by atoms with E-state index in [1.807, 2.05) is 6.92 Å². The molecule has 0 aromatic heterocycles. The van der Waals surface area contributed by atoms with Gasteiger partial charge in [-0.05, 0) is 26.8 Å². The van der Waals surface area contributed by atoms with Crippen molar-refractivity contribution in [1.29, 1.82) is 0 Å². The second-order valence-electron chi connectivity index (χ2n) is 4.40. The molecular formula is C14H20N2O4. The molecule has 0 aliphatic heterocycles. The number of rotatable bonds is 8. The minimum Gasteiger partial charge on any atom is -0.466 e. The fraction of sp³-hybridized carbons (Fsp3) is 0.500. The molecule has 1 aromatic rings. The number of benzene rings is 1. The van der Waals surface area contributed by atoms with Gasteiger partial charge in [0.25, 0.3) is 5.69 Å². The number of esters is 1. The lowest BCUT2D eigenvalue weighted by Crippen LogP contribution is -2.21. The monoisotopic (exact) mass is 280 g/mol. The molecule has 0 spiro atoms. The van der Waals surface area contributed by atoms with Crippen LogP contribution in [-0.2, 0) is 9.53 Å². The molecule has 110 valence electrons. The Morgan fingerprint density at radius 2 is 2.15 bits per heavy atom. The first kappa shape index (κ1) is 16.1. The van der Waals surface area contributed by atoms with E-state index in [-0.39, 0.29) is 22.6 Å². The Morgan fingerprint density at radius 3 is 2.80 bits per heavy atom. The Kier molecular flexibility index (Phi) is 6.66. The van der Waals surface area contributed by atoms with E-state index in [0.717, 1.165) is 0 Å². The first-order valence-corrected chi connectivity index (χ1v) is 6.68. The van der Waals surface area contributed by atoms with E-state index in [4.69, 9.17) is 4.74 Å². The maximum absolute atomic E-state index is 11.2. The summed E-state index contributed by atoms with van der Waals surface area (Å²) in [7, 11) is 0. The Labute approximate surface area is 118 Å². The predicted molar refractivity (Wildman–Crippen MR) is 75.4 cm³/mol. The number of carbonyl (C=O) groups excluding carboxylic acids is 1. The van der Waals surface area contributed by atoms with Gasteiger partial charge in [-0.3, -0.25) is 14.9 Å². The predicted octanol–water partition coefficient (Wildman–Crippen LogP) is 2.59. The van der Waals surface area contributed by atoms with Crippen LogP contribution in [0.1, 0.15) is 38.3 Å². The van der Waals surface area contributed by atoms with Gasteiger partial charge in [0.05, 0.1) is 11.5 Å². The van der Waals surface area contributed by atoms with Gasteiger partial charge < -0.3 is 10.1 Å². The number of nitrogens with one attached hydrogen (secondary N) is 1. The van der Waals surface area contributed by atoms with E-state index < -0.39 is 0 Å². The van der Waals surface area contributed by atoms with Gasteiger partial charge in [-0.25, -0.2) is 0 Å². The summed E-state index contributed by atoms with van der Waals surface area (Å²) in [5, 5.41) is 14.1. The molecule has 0 heterocycles. The zero-order valence-electron chi connectivity index (χ0n) is 11.8. The van der Waals surface area contributed by atoms with Crippen molar-refractivity contribution in [2.24, 2.45) is 0 Å². The van der Waals surface area contributed by atoms with Gasteiger partial charge in [-0.2, -0.15) is 0 Å². The second kappa shape index (κ2) is 8.27. The molecule has 0 saturated carbocycles. The summed E-state index contributed by atoms with van der Waals surface area (Å²) in [5.74, 6) is -0.215. The summed E-state index contributed by atoms with van der Waals surface area (Å²) in [6, 6.07) is 6.51. The maximum atomic E-state index is 11.2. The maximum Gasteiger partial charge on any atom is 0.305 e. The second-order valence-corrected chi connectivity index (χ2v) is 4.40. The Morgan fingerprint density at radius 1 is 1.45 bits per heavy atom. The number of carbonyl (C=O) groups is 1. The summed E-state index contributed by atoms with van der Waals surface area (Å²) >= 11 is 0. The van der Waals surface area contributed by atoms with Crippen LogP contribution in [0.4, 0.5) is 5.69 Å². The highest BCUT2D eigenvalue weighted by Gasteiger charge is 2.17. The lowest BCUT2D eigenvalue weighted by atomic mass is 10.1. The highest BCUT2D eigenvalue weighted by Crippen LogP contribution is 2.24. The fourth-order valence-electron chi connectivity index (χ4n) is 1.91. The van der Waals surface area contributed by atoms with Crippen molar-refractivity contribution in [2.75, 3.05) is 13.2 Å². The van der Waals surface area contributed by atoms with E-state index in [1.165, 1.54) is 6.07 Å². The summed E-state index contributed by atoms with van der Waals surface area (Å²) in [5.41, 5.74) is 0.756.